The molecule has 2 aromatic carbocycles. The topological polar surface area (TPSA) is 94.4 Å². The summed E-state index contributed by atoms with van der Waals surface area (Å²) in [6, 6.07) is 11.5. The molecule has 0 aliphatic rings. The van der Waals surface area contributed by atoms with Crippen LogP contribution in [0.1, 0.15) is 23.0 Å². The van der Waals surface area contributed by atoms with E-state index >= 15 is 0 Å². The third-order valence-electron chi connectivity index (χ3n) is 3.65. The number of ether oxygens (including phenoxy) is 1. The van der Waals surface area contributed by atoms with Crippen LogP contribution in [0.5, 0.6) is 5.75 Å². The number of aromatic nitrogens is 1. The number of anilines is 1. The van der Waals surface area contributed by atoms with E-state index in [1.54, 1.807) is 36.4 Å². The SMILES string of the molecule is CCOc1ccccc1NC(=O)c1ccc(Sc2nc(C)cs2)c([N+](=O)[O-])c1. The summed E-state index contributed by atoms with van der Waals surface area (Å²) in [5.41, 5.74) is 1.43. The number of nitrogens with one attached hydrogen (secondary N) is 1. The van der Waals surface area contributed by atoms with Crippen molar-refractivity contribution in [2.45, 2.75) is 23.1 Å². The highest BCUT2D eigenvalue weighted by molar-refractivity contribution is 8.01. The average Bonchev–Trinajstić information content (AvgIpc) is 3.08. The van der Waals surface area contributed by atoms with Gasteiger partial charge in [0, 0.05) is 22.7 Å². The number of amides is 1. The van der Waals surface area contributed by atoms with Crippen LogP contribution in [0, 0.1) is 17.0 Å². The number of carbonyl (C=O) groups excluding carboxylic acids is 1. The van der Waals surface area contributed by atoms with Gasteiger partial charge < -0.3 is 10.1 Å². The molecule has 1 N–H and O–H groups in total. The van der Waals surface area contributed by atoms with Crippen molar-refractivity contribution < 1.29 is 14.5 Å². The van der Waals surface area contributed by atoms with Gasteiger partial charge in [-0.1, -0.05) is 23.9 Å². The number of para-hydroxylation sites is 2. The van der Waals surface area contributed by atoms with Crippen molar-refractivity contribution in [1.82, 2.24) is 4.98 Å². The predicted molar refractivity (Wildman–Crippen MR) is 110 cm³/mol. The van der Waals surface area contributed by atoms with Crippen molar-refractivity contribution in [3.63, 3.8) is 0 Å². The summed E-state index contributed by atoms with van der Waals surface area (Å²) in [6.07, 6.45) is 0. The molecule has 0 saturated heterocycles. The van der Waals surface area contributed by atoms with Crippen LogP contribution < -0.4 is 10.1 Å². The lowest BCUT2D eigenvalue weighted by Gasteiger charge is -2.11. The Kier molecular flexibility index (Phi) is 6.27. The minimum absolute atomic E-state index is 0.136. The van der Waals surface area contributed by atoms with Crippen molar-refractivity contribution in [2.75, 3.05) is 11.9 Å². The molecule has 3 rings (SSSR count). The van der Waals surface area contributed by atoms with Crippen LogP contribution in [0.3, 0.4) is 0 Å². The zero-order valence-electron chi connectivity index (χ0n) is 15.2. The second-order valence-electron chi connectivity index (χ2n) is 5.68. The maximum absolute atomic E-state index is 12.6. The molecule has 9 heteroatoms. The number of thiazole rings is 1. The number of benzene rings is 2. The van der Waals surface area contributed by atoms with E-state index in [1.807, 2.05) is 19.2 Å². The van der Waals surface area contributed by atoms with Gasteiger partial charge in [0.05, 0.1) is 22.1 Å². The van der Waals surface area contributed by atoms with Crippen molar-refractivity contribution >= 4 is 40.4 Å². The molecule has 0 spiro atoms. The number of aryl methyl sites for hydroxylation is 1. The summed E-state index contributed by atoms with van der Waals surface area (Å²) < 4.78 is 6.20. The normalized spacial score (nSPS) is 10.5. The van der Waals surface area contributed by atoms with Crippen LogP contribution in [0.4, 0.5) is 11.4 Å². The van der Waals surface area contributed by atoms with E-state index < -0.39 is 10.8 Å². The minimum atomic E-state index is -0.492. The van der Waals surface area contributed by atoms with Gasteiger partial charge >= 0.3 is 0 Å². The first-order valence-electron chi connectivity index (χ1n) is 8.39. The molecule has 144 valence electrons. The summed E-state index contributed by atoms with van der Waals surface area (Å²) in [5.74, 6) is 0.0936. The van der Waals surface area contributed by atoms with Crippen LogP contribution in [0.2, 0.25) is 0 Å². The van der Waals surface area contributed by atoms with Gasteiger partial charge in [-0.05, 0) is 38.1 Å². The van der Waals surface area contributed by atoms with E-state index in [9.17, 15) is 14.9 Å². The van der Waals surface area contributed by atoms with Gasteiger partial charge in [0.25, 0.3) is 11.6 Å². The van der Waals surface area contributed by atoms with Crippen LogP contribution in [-0.4, -0.2) is 22.4 Å². The Morgan fingerprint density at radius 2 is 2.11 bits per heavy atom. The van der Waals surface area contributed by atoms with Gasteiger partial charge in [-0.15, -0.1) is 11.3 Å². The lowest BCUT2D eigenvalue weighted by Crippen LogP contribution is -2.13. The molecule has 0 aliphatic carbocycles. The summed E-state index contributed by atoms with van der Waals surface area (Å²) in [4.78, 5) is 28.4. The third kappa shape index (κ3) is 4.68. The Morgan fingerprint density at radius 3 is 2.79 bits per heavy atom. The second-order valence-corrected chi connectivity index (χ2v) is 7.83. The second kappa shape index (κ2) is 8.85. The Labute approximate surface area is 169 Å². The number of hydrogen-bond donors (Lipinski definition) is 1. The van der Waals surface area contributed by atoms with Crippen molar-refractivity contribution in [2.24, 2.45) is 0 Å². The van der Waals surface area contributed by atoms with E-state index in [0.717, 1.165) is 5.69 Å². The molecular weight excluding hydrogens is 398 g/mol. The van der Waals surface area contributed by atoms with Gasteiger partial charge in [0.1, 0.15) is 5.75 Å². The smallest absolute Gasteiger partial charge is 0.284 e. The van der Waals surface area contributed by atoms with Crippen LogP contribution >= 0.6 is 23.1 Å². The minimum Gasteiger partial charge on any atom is -0.492 e. The lowest BCUT2D eigenvalue weighted by atomic mass is 10.2. The maximum Gasteiger partial charge on any atom is 0.284 e. The Balaban J connectivity index is 1.85. The number of nitrogens with zero attached hydrogens (tertiary/aromatic N) is 2. The standard InChI is InChI=1S/C19H17N3O4S2/c1-3-26-16-7-5-4-6-14(16)21-18(23)13-8-9-17(15(10-13)22(24)25)28-19-20-12(2)11-27-19/h4-11H,3H2,1-2H3,(H,21,23). The number of hydrogen-bond acceptors (Lipinski definition) is 7. The molecule has 0 saturated carbocycles. The number of rotatable bonds is 7. The van der Waals surface area contributed by atoms with Gasteiger partial charge in [0.15, 0.2) is 4.34 Å². The predicted octanol–water partition coefficient (Wildman–Crippen LogP) is 5.16. The average molecular weight is 415 g/mol. The van der Waals surface area contributed by atoms with Crippen molar-refractivity contribution in [3.05, 3.63) is 69.2 Å². The van der Waals surface area contributed by atoms with Crippen molar-refractivity contribution in [1.29, 1.82) is 0 Å². The zero-order chi connectivity index (χ0) is 20.1. The van der Waals surface area contributed by atoms with E-state index in [0.29, 0.717) is 27.3 Å². The first-order chi connectivity index (χ1) is 13.5. The first kappa shape index (κ1) is 19.8. The number of nitro groups is 1. The number of carbonyl (C=O) groups is 1. The zero-order valence-corrected chi connectivity index (χ0v) is 16.8. The Hall–Kier alpha value is -2.91. The van der Waals surface area contributed by atoms with Gasteiger partial charge in [0.2, 0.25) is 0 Å². The molecule has 0 fully saturated rings. The molecule has 0 radical (unpaired) electrons. The molecule has 3 aromatic rings. The summed E-state index contributed by atoms with van der Waals surface area (Å²) in [5, 5.41) is 16.1. The molecule has 0 aliphatic heterocycles. The highest BCUT2D eigenvalue weighted by Crippen LogP contribution is 2.37. The fourth-order valence-corrected chi connectivity index (χ4v) is 4.29. The molecule has 0 bridgehead atoms. The van der Waals surface area contributed by atoms with E-state index in [1.165, 1.54) is 29.2 Å². The Bertz CT molecular complexity index is 1020. The van der Waals surface area contributed by atoms with Crippen LogP contribution in [-0.2, 0) is 0 Å². The van der Waals surface area contributed by atoms with E-state index in [2.05, 4.69) is 10.3 Å². The molecule has 0 unspecified atom stereocenters. The molecule has 1 amide bonds. The highest BCUT2D eigenvalue weighted by atomic mass is 32.2. The fraction of sp³-hybridized carbons (Fsp3) is 0.158. The van der Waals surface area contributed by atoms with Gasteiger partial charge in [-0.3, -0.25) is 14.9 Å². The highest BCUT2D eigenvalue weighted by Gasteiger charge is 2.20. The van der Waals surface area contributed by atoms with Crippen LogP contribution in [0.15, 0.2) is 57.1 Å². The summed E-state index contributed by atoms with van der Waals surface area (Å²) >= 11 is 2.63. The van der Waals surface area contributed by atoms with Crippen molar-refractivity contribution in [3.8, 4) is 5.75 Å². The van der Waals surface area contributed by atoms with E-state index in [-0.39, 0.29) is 11.3 Å². The van der Waals surface area contributed by atoms with Crippen LogP contribution in [0.25, 0.3) is 0 Å². The lowest BCUT2D eigenvalue weighted by molar-refractivity contribution is -0.387. The van der Waals surface area contributed by atoms with Gasteiger partial charge in [-0.25, -0.2) is 4.98 Å². The molecular formula is C19H17N3O4S2. The molecule has 7 nitrogen and oxygen atoms in total. The monoisotopic (exact) mass is 415 g/mol. The van der Waals surface area contributed by atoms with Gasteiger partial charge in [-0.2, -0.15) is 0 Å². The Morgan fingerprint density at radius 1 is 1.32 bits per heavy atom. The van der Waals surface area contributed by atoms with E-state index in [4.69, 9.17) is 4.74 Å². The maximum atomic E-state index is 12.6. The molecule has 0 atom stereocenters. The molecule has 1 aromatic heterocycles. The third-order valence-corrected chi connectivity index (χ3v) is 5.77. The largest absolute Gasteiger partial charge is 0.492 e. The molecule has 1 heterocycles. The molecule has 28 heavy (non-hydrogen) atoms. The fourth-order valence-electron chi connectivity index (χ4n) is 2.41. The first-order valence-corrected chi connectivity index (χ1v) is 10.1. The summed E-state index contributed by atoms with van der Waals surface area (Å²) in [6.45, 7) is 4.17. The summed E-state index contributed by atoms with van der Waals surface area (Å²) in [7, 11) is 0. The number of nitro benzene ring substituents is 1. The quantitative estimate of drug-likeness (QED) is 0.423.